The summed E-state index contributed by atoms with van der Waals surface area (Å²) in [6, 6.07) is 21.3. The Kier molecular flexibility index (Phi) is 9.15. The summed E-state index contributed by atoms with van der Waals surface area (Å²) < 4.78 is 17.3. The van der Waals surface area contributed by atoms with Gasteiger partial charge in [0.1, 0.15) is 19.0 Å². The molecule has 0 aliphatic heterocycles. The van der Waals surface area contributed by atoms with E-state index in [1.165, 1.54) is 6.08 Å². The second-order valence-corrected chi connectivity index (χ2v) is 8.17. The molecule has 0 aliphatic carbocycles. The molecule has 0 spiro atoms. The third kappa shape index (κ3) is 7.14. The molecule has 0 aliphatic rings. The van der Waals surface area contributed by atoms with Crippen molar-refractivity contribution in [3.63, 3.8) is 0 Å². The zero-order chi connectivity index (χ0) is 24.3. The molecule has 0 saturated heterocycles. The Morgan fingerprint density at radius 2 is 1.68 bits per heavy atom. The molecular weight excluding hydrogens is 426 g/mol. The standard InChI is InChI=1S/C29H33NO4/c1-5-32-27-20-23(14-16-26(27)34-19-18-33-24-11-7-6-8-12-24)15-17-28(31)30-29-22(4)10-9-13-25(29)21(2)3/h6-17,20-21H,5,18-19H2,1-4H3,(H,30,31). The van der Waals surface area contributed by atoms with Gasteiger partial charge in [0.05, 0.1) is 6.61 Å². The number of aryl methyl sites for hydroxylation is 1. The van der Waals surface area contributed by atoms with Crippen LogP contribution in [-0.2, 0) is 4.79 Å². The Bertz CT molecular complexity index is 1110. The highest BCUT2D eigenvalue weighted by atomic mass is 16.5. The number of amides is 1. The van der Waals surface area contributed by atoms with Crippen molar-refractivity contribution in [3.05, 3.63) is 89.5 Å². The highest BCUT2D eigenvalue weighted by molar-refractivity contribution is 6.02. The van der Waals surface area contributed by atoms with Crippen LogP contribution in [0.3, 0.4) is 0 Å². The Morgan fingerprint density at radius 1 is 0.912 bits per heavy atom. The quantitative estimate of drug-likeness (QED) is 0.258. The fourth-order valence-electron chi connectivity index (χ4n) is 3.52. The molecule has 34 heavy (non-hydrogen) atoms. The number of hydrogen-bond acceptors (Lipinski definition) is 4. The van der Waals surface area contributed by atoms with E-state index in [1.54, 1.807) is 6.08 Å². The number of carbonyl (C=O) groups excluding carboxylic acids is 1. The Hall–Kier alpha value is -3.73. The first kappa shape index (κ1) is 24.9. The fourth-order valence-corrected chi connectivity index (χ4v) is 3.52. The minimum absolute atomic E-state index is 0.174. The van der Waals surface area contributed by atoms with Crippen LogP contribution in [0.15, 0.2) is 72.8 Å². The fraction of sp³-hybridized carbons (Fsp3) is 0.276. The summed E-state index contributed by atoms with van der Waals surface area (Å²) in [6.45, 7) is 9.49. The molecule has 0 fully saturated rings. The van der Waals surface area contributed by atoms with Gasteiger partial charge in [-0.05, 0) is 66.8 Å². The monoisotopic (exact) mass is 459 g/mol. The maximum Gasteiger partial charge on any atom is 0.248 e. The number of hydrogen-bond donors (Lipinski definition) is 1. The lowest BCUT2D eigenvalue weighted by Crippen LogP contribution is -2.11. The lowest BCUT2D eigenvalue weighted by Gasteiger charge is -2.15. The molecule has 0 bridgehead atoms. The number of nitrogens with one attached hydrogen (secondary N) is 1. The molecule has 0 heterocycles. The van der Waals surface area contributed by atoms with E-state index in [9.17, 15) is 4.79 Å². The lowest BCUT2D eigenvalue weighted by molar-refractivity contribution is -0.111. The summed E-state index contributed by atoms with van der Waals surface area (Å²) in [5, 5.41) is 3.03. The van der Waals surface area contributed by atoms with Crippen LogP contribution in [0.1, 0.15) is 43.4 Å². The first-order valence-corrected chi connectivity index (χ1v) is 11.6. The van der Waals surface area contributed by atoms with Crippen LogP contribution in [-0.4, -0.2) is 25.7 Å². The molecule has 3 aromatic rings. The zero-order valence-corrected chi connectivity index (χ0v) is 20.3. The van der Waals surface area contributed by atoms with E-state index in [0.717, 1.165) is 28.1 Å². The van der Waals surface area contributed by atoms with Gasteiger partial charge in [0.15, 0.2) is 11.5 Å². The van der Waals surface area contributed by atoms with Gasteiger partial charge in [-0.1, -0.05) is 56.3 Å². The van der Waals surface area contributed by atoms with Gasteiger partial charge >= 0.3 is 0 Å². The molecule has 3 rings (SSSR count). The van der Waals surface area contributed by atoms with E-state index in [4.69, 9.17) is 14.2 Å². The minimum atomic E-state index is -0.174. The van der Waals surface area contributed by atoms with Crippen LogP contribution >= 0.6 is 0 Å². The van der Waals surface area contributed by atoms with E-state index in [2.05, 4.69) is 25.2 Å². The topological polar surface area (TPSA) is 56.8 Å². The van der Waals surface area contributed by atoms with E-state index >= 15 is 0 Å². The van der Waals surface area contributed by atoms with Gasteiger partial charge in [-0.2, -0.15) is 0 Å². The van der Waals surface area contributed by atoms with E-state index < -0.39 is 0 Å². The average molecular weight is 460 g/mol. The molecular formula is C29H33NO4. The van der Waals surface area contributed by atoms with E-state index in [1.807, 2.05) is 74.5 Å². The van der Waals surface area contributed by atoms with Gasteiger partial charge in [-0.3, -0.25) is 4.79 Å². The van der Waals surface area contributed by atoms with Gasteiger partial charge in [0.2, 0.25) is 5.91 Å². The number of para-hydroxylation sites is 2. The Labute approximate surface area is 202 Å². The summed E-state index contributed by atoms with van der Waals surface area (Å²) >= 11 is 0. The van der Waals surface area contributed by atoms with Crippen LogP contribution in [0.25, 0.3) is 6.08 Å². The first-order valence-electron chi connectivity index (χ1n) is 11.6. The van der Waals surface area contributed by atoms with Crippen LogP contribution < -0.4 is 19.5 Å². The summed E-state index contributed by atoms with van der Waals surface area (Å²) in [5.41, 5.74) is 3.89. The normalized spacial score (nSPS) is 11.0. The van der Waals surface area contributed by atoms with Gasteiger partial charge < -0.3 is 19.5 Å². The van der Waals surface area contributed by atoms with Crippen molar-refractivity contribution in [2.75, 3.05) is 25.1 Å². The van der Waals surface area contributed by atoms with E-state index in [-0.39, 0.29) is 5.91 Å². The smallest absolute Gasteiger partial charge is 0.248 e. The van der Waals surface area contributed by atoms with Crippen molar-refractivity contribution in [3.8, 4) is 17.2 Å². The number of anilines is 1. The molecule has 0 unspecified atom stereocenters. The maximum atomic E-state index is 12.6. The second-order valence-electron chi connectivity index (χ2n) is 8.17. The summed E-state index contributed by atoms with van der Waals surface area (Å²) in [6.07, 6.45) is 3.31. The van der Waals surface area contributed by atoms with Crippen molar-refractivity contribution >= 4 is 17.7 Å². The van der Waals surface area contributed by atoms with Crippen molar-refractivity contribution < 1.29 is 19.0 Å². The summed E-state index contributed by atoms with van der Waals surface area (Å²) in [7, 11) is 0. The zero-order valence-electron chi connectivity index (χ0n) is 20.3. The first-order chi connectivity index (χ1) is 16.5. The van der Waals surface area contributed by atoms with Crippen molar-refractivity contribution in [2.45, 2.75) is 33.6 Å². The largest absolute Gasteiger partial charge is 0.490 e. The molecule has 3 aromatic carbocycles. The van der Waals surface area contributed by atoms with Crippen LogP contribution in [0, 0.1) is 6.92 Å². The number of carbonyl (C=O) groups is 1. The molecule has 5 nitrogen and oxygen atoms in total. The average Bonchev–Trinajstić information content (AvgIpc) is 2.83. The molecule has 1 amide bonds. The van der Waals surface area contributed by atoms with Crippen LogP contribution in [0.4, 0.5) is 5.69 Å². The maximum absolute atomic E-state index is 12.6. The molecule has 1 N–H and O–H groups in total. The molecule has 178 valence electrons. The number of ether oxygens (including phenoxy) is 3. The van der Waals surface area contributed by atoms with Gasteiger partial charge in [-0.25, -0.2) is 0 Å². The Morgan fingerprint density at radius 3 is 2.41 bits per heavy atom. The van der Waals surface area contributed by atoms with Crippen molar-refractivity contribution in [2.24, 2.45) is 0 Å². The lowest BCUT2D eigenvalue weighted by atomic mass is 9.98. The second kappa shape index (κ2) is 12.5. The Balaban J connectivity index is 1.62. The molecule has 0 aromatic heterocycles. The predicted octanol–water partition coefficient (Wildman–Crippen LogP) is 6.63. The third-order valence-electron chi connectivity index (χ3n) is 5.22. The van der Waals surface area contributed by atoms with Gasteiger partial charge in [0.25, 0.3) is 0 Å². The van der Waals surface area contributed by atoms with Crippen LogP contribution in [0.5, 0.6) is 17.2 Å². The third-order valence-corrected chi connectivity index (χ3v) is 5.22. The van der Waals surface area contributed by atoms with E-state index in [0.29, 0.717) is 37.2 Å². The summed E-state index contributed by atoms with van der Waals surface area (Å²) in [5.74, 6) is 2.22. The minimum Gasteiger partial charge on any atom is -0.490 e. The molecule has 0 atom stereocenters. The van der Waals surface area contributed by atoms with Crippen molar-refractivity contribution in [1.29, 1.82) is 0 Å². The SMILES string of the molecule is CCOc1cc(C=CC(=O)Nc2c(C)cccc2C(C)C)ccc1OCCOc1ccccc1. The predicted molar refractivity (Wildman–Crippen MR) is 138 cm³/mol. The highest BCUT2D eigenvalue weighted by Crippen LogP contribution is 2.30. The summed E-state index contributed by atoms with van der Waals surface area (Å²) in [4.78, 5) is 12.6. The molecule has 5 heteroatoms. The molecule has 0 saturated carbocycles. The van der Waals surface area contributed by atoms with Gasteiger partial charge in [0, 0.05) is 11.8 Å². The number of rotatable bonds is 11. The van der Waals surface area contributed by atoms with Crippen LogP contribution in [0.2, 0.25) is 0 Å². The number of benzene rings is 3. The highest BCUT2D eigenvalue weighted by Gasteiger charge is 2.11. The van der Waals surface area contributed by atoms with Gasteiger partial charge in [-0.15, -0.1) is 0 Å². The molecule has 0 radical (unpaired) electrons. The van der Waals surface area contributed by atoms with Crippen molar-refractivity contribution in [1.82, 2.24) is 0 Å².